The zero-order chi connectivity index (χ0) is 15.9. The summed E-state index contributed by atoms with van der Waals surface area (Å²) in [6.45, 7) is 2.57. The van der Waals surface area contributed by atoms with Crippen LogP contribution in [0.5, 0.6) is 0 Å². The summed E-state index contributed by atoms with van der Waals surface area (Å²) < 4.78 is 0. The Hall–Kier alpha value is -2.28. The van der Waals surface area contributed by atoms with Gasteiger partial charge in [-0.15, -0.1) is 0 Å². The molecule has 116 valence electrons. The average Bonchev–Trinajstić information content (AvgIpc) is 2.99. The van der Waals surface area contributed by atoms with E-state index in [1.54, 1.807) is 11.8 Å². The summed E-state index contributed by atoms with van der Waals surface area (Å²) in [5.41, 5.74) is 2.58. The van der Waals surface area contributed by atoms with E-state index < -0.39 is 4.92 Å². The van der Waals surface area contributed by atoms with Gasteiger partial charge in [-0.1, -0.05) is 29.8 Å². The molecule has 0 radical (unpaired) electrons. The largest absolute Gasteiger partial charge is 0.351 e. The third-order valence-electron chi connectivity index (χ3n) is 3.04. The van der Waals surface area contributed by atoms with Gasteiger partial charge < -0.3 is 10.3 Å². The number of nitro groups is 1. The van der Waals surface area contributed by atoms with Gasteiger partial charge in [0.2, 0.25) is 0 Å². The lowest BCUT2D eigenvalue weighted by Gasteiger charge is -2.04. The Labute approximate surface area is 132 Å². The summed E-state index contributed by atoms with van der Waals surface area (Å²) in [7, 11) is 0. The second kappa shape index (κ2) is 7.65. The van der Waals surface area contributed by atoms with Crippen molar-refractivity contribution in [2.45, 2.75) is 12.7 Å². The second-order valence-electron chi connectivity index (χ2n) is 4.82. The zero-order valence-corrected chi connectivity index (χ0v) is 13.0. The van der Waals surface area contributed by atoms with E-state index in [1.165, 1.54) is 23.4 Å². The molecule has 0 saturated carbocycles. The van der Waals surface area contributed by atoms with E-state index >= 15 is 0 Å². The first-order valence-corrected chi connectivity index (χ1v) is 7.96. The number of nitrogens with zero attached hydrogens (tertiary/aromatic N) is 1. The number of amides is 1. The lowest BCUT2D eigenvalue weighted by Crippen LogP contribution is -2.26. The maximum Gasteiger partial charge on any atom is 0.287 e. The van der Waals surface area contributed by atoms with Gasteiger partial charge in [-0.05, 0) is 12.5 Å². The fraction of sp³-hybridized carbons (Fsp3) is 0.267. The number of H-pyrrole nitrogens is 1. The monoisotopic (exact) mass is 319 g/mol. The van der Waals surface area contributed by atoms with Gasteiger partial charge in [0.05, 0.1) is 11.1 Å². The molecule has 6 nitrogen and oxygen atoms in total. The molecule has 22 heavy (non-hydrogen) atoms. The molecule has 2 N–H and O–H groups in total. The van der Waals surface area contributed by atoms with Crippen LogP contribution >= 0.6 is 11.8 Å². The minimum Gasteiger partial charge on any atom is -0.351 e. The van der Waals surface area contributed by atoms with Gasteiger partial charge in [-0.25, -0.2) is 0 Å². The van der Waals surface area contributed by atoms with Crippen molar-refractivity contribution < 1.29 is 9.72 Å². The summed E-state index contributed by atoms with van der Waals surface area (Å²) in [5.74, 6) is 1.34. The predicted octanol–water partition coefficient (Wildman–Crippen LogP) is 2.89. The van der Waals surface area contributed by atoms with Crippen molar-refractivity contribution in [3.05, 3.63) is 63.5 Å². The highest BCUT2D eigenvalue weighted by Crippen LogP contribution is 2.13. The van der Waals surface area contributed by atoms with Gasteiger partial charge in [0.1, 0.15) is 5.69 Å². The van der Waals surface area contributed by atoms with E-state index in [1.807, 2.05) is 0 Å². The van der Waals surface area contributed by atoms with Crippen molar-refractivity contribution in [2.24, 2.45) is 0 Å². The van der Waals surface area contributed by atoms with E-state index in [-0.39, 0.29) is 17.3 Å². The van der Waals surface area contributed by atoms with Gasteiger partial charge in [0, 0.05) is 24.1 Å². The van der Waals surface area contributed by atoms with Crippen LogP contribution in [0.25, 0.3) is 0 Å². The molecule has 0 aliphatic rings. The molecule has 0 fully saturated rings. The first-order chi connectivity index (χ1) is 10.6. The smallest absolute Gasteiger partial charge is 0.287 e. The van der Waals surface area contributed by atoms with Crippen LogP contribution in [0, 0.1) is 17.0 Å². The van der Waals surface area contributed by atoms with Gasteiger partial charge in [-0.2, -0.15) is 11.8 Å². The van der Waals surface area contributed by atoms with Crippen LogP contribution in [-0.2, 0) is 5.75 Å². The molecule has 1 aromatic carbocycles. The number of aromatic amines is 1. The third-order valence-corrected chi connectivity index (χ3v) is 4.07. The molecular formula is C15H17N3O3S. The van der Waals surface area contributed by atoms with Crippen LogP contribution in [0.3, 0.4) is 0 Å². The highest BCUT2D eigenvalue weighted by Gasteiger charge is 2.13. The van der Waals surface area contributed by atoms with Crippen LogP contribution in [0.1, 0.15) is 21.6 Å². The lowest BCUT2D eigenvalue weighted by molar-refractivity contribution is -0.384. The number of rotatable bonds is 7. The van der Waals surface area contributed by atoms with E-state index in [4.69, 9.17) is 0 Å². The zero-order valence-electron chi connectivity index (χ0n) is 12.2. The molecule has 2 aromatic rings. The minimum absolute atomic E-state index is 0.112. The molecule has 0 aliphatic heterocycles. The Bertz CT molecular complexity index is 652. The molecule has 7 heteroatoms. The maximum atomic E-state index is 11.8. The third kappa shape index (κ3) is 4.63. The highest BCUT2D eigenvalue weighted by atomic mass is 32.2. The Kier molecular flexibility index (Phi) is 5.60. The lowest BCUT2D eigenvalue weighted by atomic mass is 10.2. The standard InChI is InChI=1S/C15H17N3O3S/c1-11-2-4-12(5-3-11)10-22-7-6-16-15(19)14-8-13(9-17-14)18(20)21/h2-5,8-9,17H,6-7,10H2,1H3,(H,16,19). The van der Waals surface area contributed by atoms with Crippen molar-refractivity contribution in [3.63, 3.8) is 0 Å². The Morgan fingerprint density at radius 2 is 2.09 bits per heavy atom. The minimum atomic E-state index is -0.537. The molecule has 1 amide bonds. The summed E-state index contributed by atoms with van der Waals surface area (Å²) in [5, 5.41) is 13.3. The van der Waals surface area contributed by atoms with Crippen LogP contribution < -0.4 is 5.32 Å². The van der Waals surface area contributed by atoms with Crippen molar-refractivity contribution in [3.8, 4) is 0 Å². The summed E-state index contributed by atoms with van der Waals surface area (Å²) >= 11 is 1.73. The molecule has 0 aliphatic carbocycles. The number of hydrogen-bond donors (Lipinski definition) is 2. The fourth-order valence-electron chi connectivity index (χ4n) is 1.83. The van der Waals surface area contributed by atoms with Crippen molar-refractivity contribution >= 4 is 23.4 Å². The van der Waals surface area contributed by atoms with Gasteiger partial charge in [0.25, 0.3) is 11.6 Å². The van der Waals surface area contributed by atoms with Gasteiger partial charge in [0.15, 0.2) is 0 Å². The summed E-state index contributed by atoms with van der Waals surface area (Å²) in [4.78, 5) is 24.4. The molecule has 2 rings (SSSR count). The molecule has 0 spiro atoms. The SMILES string of the molecule is Cc1ccc(CSCCNC(=O)c2cc([N+](=O)[O-])c[nH]2)cc1. The van der Waals surface area contributed by atoms with E-state index in [2.05, 4.69) is 41.5 Å². The Morgan fingerprint density at radius 1 is 1.36 bits per heavy atom. The molecular weight excluding hydrogens is 302 g/mol. The number of thioether (sulfide) groups is 1. The van der Waals surface area contributed by atoms with Gasteiger partial charge >= 0.3 is 0 Å². The normalized spacial score (nSPS) is 10.4. The summed E-state index contributed by atoms with van der Waals surface area (Å²) in [6, 6.07) is 9.58. The number of benzene rings is 1. The topological polar surface area (TPSA) is 88.0 Å². The van der Waals surface area contributed by atoms with Crippen LogP contribution in [0.15, 0.2) is 36.5 Å². The first-order valence-electron chi connectivity index (χ1n) is 6.80. The van der Waals surface area contributed by atoms with Crippen LogP contribution in [0.2, 0.25) is 0 Å². The van der Waals surface area contributed by atoms with Crippen molar-refractivity contribution in [1.29, 1.82) is 0 Å². The fourth-order valence-corrected chi connectivity index (χ4v) is 2.64. The molecule has 0 unspecified atom stereocenters. The van der Waals surface area contributed by atoms with E-state index in [9.17, 15) is 14.9 Å². The van der Waals surface area contributed by atoms with E-state index in [0.29, 0.717) is 6.54 Å². The van der Waals surface area contributed by atoms with Gasteiger partial charge in [-0.3, -0.25) is 14.9 Å². The van der Waals surface area contributed by atoms with Crippen LogP contribution in [-0.4, -0.2) is 28.1 Å². The number of nitrogens with one attached hydrogen (secondary N) is 2. The van der Waals surface area contributed by atoms with Crippen molar-refractivity contribution in [1.82, 2.24) is 10.3 Å². The Morgan fingerprint density at radius 3 is 2.73 bits per heavy atom. The molecule has 1 heterocycles. The highest BCUT2D eigenvalue weighted by molar-refractivity contribution is 7.98. The summed E-state index contributed by atoms with van der Waals surface area (Å²) in [6.07, 6.45) is 1.21. The maximum absolute atomic E-state index is 11.8. The number of aryl methyl sites for hydroxylation is 1. The molecule has 1 aromatic heterocycles. The van der Waals surface area contributed by atoms with Crippen LogP contribution in [0.4, 0.5) is 5.69 Å². The average molecular weight is 319 g/mol. The van der Waals surface area contributed by atoms with E-state index in [0.717, 1.165) is 11.5 Å². The molecule has 0 saturated heterocycles. The molecule has 0 atom stereocenters. The first kappa shape index (κ1) is 16.1. The van der Waals surface area contributed by atoms with Crippen molar-refractivity contribution in [2.75, 3.05) is 12.3 Å². The number of carbonyl (C=O) groups is 1. The molecule has 0 bridgehead atoms. The predicted molar refractivity (Wildman–Crippen MR) is 87.1 cm³/mol. The quantitative estimate of drug-likeness (QED) is 0.466. The number of carbonyl (C=O) groups excluding carboxylic acids is 1. The number of hydrogen-bond acceptors (Lipinski definition) is 4. The number of aromatic nitrogens is 1. The second-order valence-corrected chi connectivity index (χ2v) is 5.93. The Balaban J connectivity index is 1.68.